The molecule has 0 aliphatic carbocycles. The number of carbonyl (C=O) groups excluding carboxylic acids is 1. The van der Waals surface area contributed by atoms with Gasteiger partial charge in [0, 0.05) is 37.2 Å². The van der Waals surface area contributed by atoms with Gasteiger partial charge < -0.3 is 14.7 Å². The fraction of sp³-hybridized carbons (Fsp3) is 0.370. The Labute approximate surface area is 217 Å². The molecule has 0 fully saturated rings. The standard InChI is InChI=1S/C27H32N4O5S/c1-5-18-7-9-21(10-8-18)37(34,35)30-23-22-15-20(16-29-25(22)36-27(3,4)24(23)32)26(33)31(6-2)17-19-11-13-28-14-12-19/h7-16,23-24,30,32H,5-6,17H2,1-4H3/t23-,24+/m1/s1. The van der Waals surface area contributed by atoms with Gasteiger partial charge in [-0.25, -0.2) is 18.1 Å². The summed E-state index contributed by atoms with van der Waals surface area (Å²) in [5.41, 5.74) is 1.38. The van der Waals surface area contributed by atoms with E-state index in [0.29, 0.717) is 18.7 Å². The van der Waals surface area contributed by atoms with Gasteiger partial charge in [0.25, 0.3) is 5.91 Å². The second-order valence-corrected chi connectivity index (χ2v) is 11.3. The van der Waals surface area contributed by atoms with E-state index in [1.54, 1.807) is 49.3 Å². The van der Waals surface area contributed by atoms with Crippen molar-refractivity contribution in [3.63, 3.8) is 0 Å². The van der Waals surface area contributed by atoms with Crippen LogP contribution in [0.1, 0.15) is 60.8 Å². The Morgan fingerprint density at radius 2 is 1.78 bits per heavy atom. The number of ether oxygens (including phenoxy) is 1. The largest absolute Gasteiger partial charge is 0.469 e. The van der Waals surface area contributed by atoms with E-state index in [0.717, 1.165) is 17.5 Å². The quantitative estimate of drug-likeness (QED) is 0.464. The molecule has 2 N–H and O–H groups in total. The molecule has 3 aromatic rings. The first-order valence-electron chi connectivity index (χ1n) is 12.2. The van der Waals surface area contributed by atoms with Crippen molar-refractivity contribution in [1.29, 1.82) is 0 Å². The number of aliphatic hydroxyl groups excluding tert-OH is 1. The summed E-state index contributed by atoms with van der Waals surface area (Å²) in [5.74, 6) is -0.108. The molecular formula is C27H32N4O5S. The maximum Gasteiger partial charge on any atom is 0.255 e. The Hall–Kier alpha value is -3.34. The van der Waals surface area contributed by atoms with E-state index < -0.39 is 27.8 Å². The number of fused-ring (bicyclic) bond motifs is 1. The monoisotopic (exact) mass is 524 g/mol. The van der Waals surface area contributed by atoms with Crippen molar-refractivity contribution in [2.24, 2.45) is 0 Å². The van der Waals surface area contributed by atoms with Crippen molar-refractivity contribution in [2.75, 3.05) is 6.54 Å². The van der Waals surface area contributed by atoms with Crippen LogP contribution in [-0.2, 0) is 23.0 Å². The number of aromatic nitrogens is 2. The molecule has 0 saturated heterocycles. The maximum atomic E-state index is 13.4. The van der Waals surface area contributed by atoms with Gasteiger partial charge in [-0.2, -0.15) is 0 Å². The molecule has 196 valence electrons. The zero-order chi connectivity index (χ0) is 26.8. The molecular weight excluding hydrogens is 492 g/mol. The van der Waals surface area contributed by atoms with Crippen LogP contribution >= 0.6 is 0 Å². The first-order chi connectivity index (χ1) is 17.6. The third-order valence-electron chi connectivity index (χ3n) is 6.56. The Bertz CT molecular complexity index is 1360. The molecule has 1 aliphatic heterocycles. The van der Waals surface area contributed by atoms with Crippen molar-refractivity contribution < 1.29 is 23.1 Å². The SMILES string of the molecule is CCc1ccc(S(=O)(=O)N[C@@H]2c3cc(C(=O)N(CC)Cc4ccncc4)cnc3OC(C)(C)[C@H]2O)cc1. The molecule has 4 rings (SSSR count). The van der Waals surface area contributed by atoms with Crippen LogP contribution in [0.4, 0.5) is 0 Å². The van der Waals surface area contributed by atoms with Gasteiger partial charge in [-0.3, -0.25) is 9.78 Å². The van der Waals surface area contributed by atoms with Gasteiger partial charge in [-0.05, 0) is 68.7 Å². The number of rotatable bonds is 8. The highest BCUT2D eigenvalue weighted by Gasteiger charge is 2.45. The summed E-state index contributed by atoms with van der Waals surface area (Å²) in [5, 5.41) is 11.1. The summed E-state index contributed by atoms with van der Waals surface area (Å²) >= 11 is 0. The second kappa shape index (κ2) is 10.6. The van der Waals surface area contributed by atoms with Crippen LogP contribution in [-0.4, -0.2) is 52.5 Å². The van der Waals surface area contributed by atoms with Gasteiger partial charge >= 0.3 is 0 Å². The Balaban J connectivity index is 1.68. The second-order valence-electron chi connectivity index (χ2n) is 9.54. The van der Waals surface area contributed by atoms with Gasteiger partial charge in [-0.1, -0.05) is 19.1 Å². The first-order valence-corrected chi connectivity index (χ1v) is 13.7. The lowest BCUT2D eigenvalue weighted by Crippen LogP contribution is -2.53. The average Bonchev–Trinajstić information content (AvgIpc) is 2.89. The fourth-order valence-corrected chi connectivity index (χ4v) is 5.48. The van der Waals surface area contributed by atoms with E-state index in [1.807, 2.05) is 26.0 Å². The van der Waals surface area contributed by atoms with Crippen molar-refractivity contribution in [1.82, 2.24) is 19.6 Å². The third kappa shape index (κ3) is 5.66. The Morgan fingerprint density at radius 3 is 2.41 bits per heavy atom. The van der Waals surface area contributed by atoms with Gasteiger partial charge in [0.15, 0.2) is 0 Å². The van der Waals surface area contributed by atoms with Crippen LogP contribution in [0.3, 0.4) is 0 Å². The van der Waals surface area contributed by atoms with E-state index in [1.165, 1.54) is 18.3 Å². The van der Waals surface area contributed by atoms with Crippen LogP contribution in [0.5, 0.6) is 5.88 Å². The van der Waals surface area contributed by atoms with E-state index in [-0.39, 0.29) is 22.2 Å². The molecule has 3 heterocycles. The maximum absolute atomic E-state index is 13.4. The van der Waals surface area contributed by atoms with Crippen LogP contribution in [0.15, 0.2) is 66.0 Å². The number of benzene rings is 1. The summed E-state index contributed by atoms with van der Waals surface area (Å²) in [7, 11) is -4.00. The molecule has 0 radical (unpaired) electrons. The fourth-order valence-electron chi connectivity index (χ4n) is 4.26. The predicted octanol–water partition coefficient (Wildman–Crippen LogP) is 3.25. The Kier molecular flexibility index (Phi) is 7.63. The lowest BCUT2D eigenvalue weighted by molar-refractivity contribution is -0.0632. The molecule has 0 spiro atoms. The normalized spacial score (nSPS) is 18.5. The molecule has 1 aliphatic rings. The number of sulfonamides is 1. The summed E-state index contributed by atoms with van der Waals surface area (Å²) in [6.07, 6.45) is 4.30. The van der Waals surface area contributed by atoms with E-state index in [2.05, 4.69) is 14.7 Å². The van der Waals surface area contributed by atoms with Gasteiger partial charge in [0.1, 0.15) is 11.7 Å². The first kappa shape index (κ1) is 26.7. The molecule has 37 heavy (non-hydrogen) atoms. The van der Waals surface area contributed by atoms with E-state index in [4.69, 9.17) is 4.74 Å². The van der Waals surface area contributed by atoms with Gasteiger partial charge in [0.05, 0.1) is 16.5 Å². The highest BCUT2D eigenvalue weighted by molar-refractivity contribution is 7.89. The molecule has 2 atom stereocenters. The summed E-state index contributed by atoms with van der Waals surface area (Å²) in [6.45, 7) is 8.01. The average molecular weight is 525 g/mol. The summed E-state index contributed by atoms with van der Waals surface area (Å²) in [4.78, 5) is 23.5. The number of pyridine rings is 2. The number of hydrogen-bond donors (Lipinski definition) is 2. The smallest absolute Gasteiger partial charge is 0.255 e. The van der Waals surface area contributed by atoms with Crippen molar-refractivity contribution in [2.45, 2.75) is 63.3 Å². The van der Waals surface area contributed by atoms with E-state index in [9.17, 15) is 18.3 Å². The topological polar surface area (TPSA) is 122 Å². The molecule has 0 saturated carbocycles. The molecule has 1 aromatic carbocycles. The molecule has 2 aromatic heterocycles. The van der Waals surface area contributed by atoms with Gasteiger partial charge in [0.2, 0.25) is 15.9 Å². The minimum atomic E-state index is -4.00. The molecule has 0 unspecified atom stereocenters. The number of nitrogens with one attached hydrogen (secondary N) is 1. The molecule has 9 nitrogen and oxygen atoms in total. The number of hydrogen-bond acceptors (Lipinski definition) is 7. The minimum absolute atomic E-state index is 0.0810. The highest BCUT2D eigenvalue weighted by Crippen LogP contribution is 2.39. The molecule has 0 bridgehead atoms. The van der Waals surface area contributed by atoms with Crippen LogP contribution in [0.2, 0.25) is 0 Å². The highest BCUT2D eigenvalue weighted by atomic mass is 32.2. The van der Waals surface area contributed by atoms with E-state index >= 15 is 0 Å². The number of nitrogens with zero attached hydrogens (tertiary/aromatic N) is 3. The zero-order valence-electron chi connectivity index (χ0n) is 21.4. The van der Waals surface area contributed by atoms with Crippen molar-refractivity contribution in [3.05, 3.63) is 83.3 Å². The summed E-state index contributed by atoms with van der Waals surface area (Å²) < 4.78 is 35.1. The lowest BCUT2D eigenvalue weighted by Gasteiger charge is -2.41. The number of aryl methyl sites for hydroxylation is 1. The van der Waals surface area contributed by atoms with Crippen LogP contribution in [0, 0.1) is 0 Å². The minimum Gasteiger partial charge on any atom is -0.469 e. The third-order valence-corrected chi connectivity index (χ3v) is 8.02. The van der Waals surface area contributed by atoms with Gasteiger partial charge in [-0.15, -0.1) is 0 Å². The molecule has 10 heteroatoms. The van der Waals surface area contributed by atoms with Crippen molar-refractivity contribution >= 4 is 15.9 Å². The van der Waals surface area contributed by atoms with Crippen molar-refractivity contribution in [3.8, 4) is 5.88 Å². The van der Waals surface area contributed by atoms with Crippen LogP contribution < -0.4 is 9.46 Å². The zero-order valence-corrected chi connectivity index (χ0v) is 22.2. The van der Waals surface area contributed by atoms with Crippen LogP contribution in [0.25, 0.3) is 0 Å². The lowest BCUT2D eigenvalue weighted by atomic mass is 9.88. The molecule has 1 amide bonds. The summed E-state index contributed by atoms with van der Waals surface area (Å²) in [6, 6.07) is 10.7. The predicted molar refractivity (Wildman–Crippen MR) is 138 cm³/mol. The number of carbonyl (C=O) groups is 1. The Morgan fingerprint density at radius 1 is 1.11 bits per heavy atom. The number of aliphatic hydroxyl groups is 1. The number of amides is 1.